The normalized spacial score (nSPS) is 10.0. The van der Waals surface area contributed by atoms with E-state index in [-0.39, 0.29) is 5.91 Å². The van der Waals surface area contributed by atoms with Crippen molar-refractivity contribution in [1.29, 1.82) is 0 Å². The van der Waals surface area contributed by atoms with Crippen LogP contribution in [-0.4, -0.2) is 24.9 Å². The number of benzene rings is 1. The number of halogens is 1. The van der Waals surface area contributed by atoms with Crippen molar-refractivity contribution in [2.75, 3.05) is 19.0 Å². The van der Waals surface area contributed by atoms with E-state index in [1.807, 2.05) is 0 Å². The van der Waals surface area contributed by atoms with Gasteiger partial charge in [-0.2, -0.15) is 0 Å². The first-order chi connectivity index (χ1) is 8.27. The van der Waals surface area contributed by atoms with Gasteiger partial charge in [-0.25, -0.2) is 0 Å². The van der Waals surface area contributed by atoms with Gasteiger partial charge in [-0.3, -0.25) is 4.79 Å². The minimum atomic E-state index is -0.0218. The third-order valence-corrected chi connectivity index (χ3v) is 3.01. The molecule has 0 aromatic heterocycles. The molecule has 1 rings (SSSR count). The van der Waals surface area contributed by atoms with E-state index in [0.717, 1.165) is 36.9 Å². The van der Waals surface area contributed by atoms with Crippen LogP contribution in [0.15, 0.2) is 24.3 Å². The topological polar surface area (TPSA) is 38.3 Å². The number of amides is 1. The molecule has 1 aromatic rings. The molecule has 3 nitrogen and oxygen atoms in total. The second-order valence-corrected chi connectivity index (χ2v) is 4.53. The summed E-state index contributed by atoms with van der Waals surface area (Å²) < 4.78 is 5.04. The van der Waals surface area contributed by atoms with E-state index in [9.17, 15) is 4.79 Å². The predicted molar refractivity (Wildman–Crippen MR) is 73.0 cm³/mol. The van der Waals surface area contributed by atoms with E-state index in [1.54, 1.807) is 31.4 Å². The van der Waals surface area contributed by atoms with Crippen LogP contribution in [0.25, 0.3) is 0 Å². The molecule has 0 atom stereocenters. The van der Waals surface area contributed by atoms with Crippen molar-refractivity contribution in [3.63, 3.8) is 0 Å². The van der Waals surface area contributed by atoms with Gasteiger partial charge < -0.3 is 10.1 Å². The van der Waals surface area contributed by atoms with Crippen molar-refractivity contribution in [2.45, 2.75) is 19.3 Å². The number of alkyl halides is 1. The van der Waals surface area contributed by atoms with E-state index in [0.29, 0.717) is 5.56 Å². The number of hydrogen-bond acceptors (Lipinski definition) is 2. The molecule has 0 unspecified atom stereocenters. The smallest absolute Gasteiger partial charge is 0.251 e. The summed E-state index contributed by atoms with van der Waals surface area (Å²) in [7, 11) is 1.61. The quantitative estimate of drug-likeness (QED) is 0.621. The molecule has 17 heavy (non-hydrogen) atoms. The van der Waals surface area contributed by atoms with Crippen molar-refractivity contribution in [2.24, 2.45) is 0 Å². The summed E-state index contributed by atoms with van der Waals surface area (Å²) in [5.41, 5.74) is 0.672. The molecule has 0 fully saturated rings. The number of carbonyl (C=O) groups is 1. The second kappa shape index (κ2) is 8.12. The molecule has 0 aliphatic rings. The molecule has 0 spiro atoms. The Morgan fingerprint density at radius 3 is 2.53 bits per heavy atom. The van der Waals surface area contributed by atoms with Gasteiger partial charge in [0.15, 0.2) is 0 Å². The molecular weight excluding hydrogens is 282 g/mol. The summed E-state index contributed by atoms with van der Waals surface area (Å²) in [6.07, 6.45) is 3.31. The maximum Gasteiger partial charge on any atom is 0.251 e. The summed E-state index contributed by atoms with van der Waals surface area (Å²) in [5, 5.41) is 3.93. The highest BCUT2D eigenvalue weighted by atomic mass is 79.9. The zero-order valence-corrected chi connectivity index (χ0v) is 11.6. The van der Waals surface area contributed by atoms with E-state index in [4.69, 9.17) is 4.74 Å². The summed E-state index contributed by atoms with van der Waals surface area (Å²) in [5.74, 6) is 0.741. The lowest BCUT2D eigenvalue weighted by Gasteiger charge is -2.05. The Morgan fingerprint density at radius 1 is 1.24 bits per heavy atom. The number of rotatable bonds is 7. The standard InChI is InChI=1S/C13H18BrNO2/c1-17-12-7-5-11(6-8-12)13(16)15-10-4-2-3-9-14/h5-8H,2-4,9-10H2,1H3,(H,15,16). The molecule has 1 aromatic carbocycles. The average Bonchev–Trinajstić information content (AvgIpc) is 2.38. The molecule has 0 aliphatic carbocycles. The van der Waals surface area contributed by atoms with Crippen molar-refractivity contribution < 1.29 is 9.53 Å². The molecule has 1 N–H and O–H groups in total. The summed E-state index contributed by atoms with van der Waals surface area (Å²) in [6, 6.07) is 7.12. The highest BCUT2D eigenvalue weighted by molar-refractivity contribution is 9.09. The van der Waals surface area contributed by atoms with E-state index >= 15 is 0 Å². The van der Waals surface area contributed by atoms with Gasteiger partial charge in [0.2, 0.25) is 0 Å². The van der Waals surface area contributed by atoms with Crippen molar-refractivity contribution in [3.05, 3.63) is 29.8 Å². The van der Waals surface area contributed by atoms with Crippen LogP contribution in [0.1, 0.15) is 29.6 Å². The number of carbonyl (C=O) groups excluding carboxylic acids is 1. The van der Waals surface area contributed by atoms with Gasteiger partial charge in [0.1, 0.15) is 5.75 Å². The van der Waals surface area contributed by atoms with E-state index < -0.39 is 0 Å². The molecule has 0 radical (unpaired) electrons. The average molecular weight is 300 g/mol. The van der Waals surface area contributed by atoms with E-state index in [1.165, 1.54) is 0 Å². The lowest BCUT2D eigenvalue weighted by Crippen LogP contribution is -2.24. The van der Waals surface area contributed by atoms with Gasteiger partial charge in [-0.1, -0.05) is 22.4 Å². The summed E-state index contributed by atoms with van der Waals surface area (Å²) in [6.45, 7) is 0.734. The fourth-order valence-electron chi connectivity index (χ4n) is 1.44. The molecule has 0 saturated heterocycles. The van der Waals surface area contributed by atoms with Gasteiger partial charge in [-0.15, -0.1) is 0 Å². The van der Waals surface area contributed by atoms with Crippen LogP contribution in [0, 0.1) is 0 Å². The first-order valence-electron chi connectivity index (χ1n) is 5.76. The molecule has 0 bridgehead atoms. The predicted octanol–water partition coefficient (Wildman–Crippen LogP) is 2.99. The Balaban J connectivity index is 2.31. The third-order valence-electron chi connectivity index (χ3n) is 2.45. The zero-order valence-electron chi connectivity index (χ0n) is 10.0. The molecule has 0 aliphatic heterocycles. The number of methoxy groups -OCH3 is 1. The highest BCUT2D eigenvalue weighted by Gasteiger charge is 2.04. The van der Waals surface area contributed by atoms with Crippen LogP contribution >= 0.6 is 15.9 Å². The minimum absolute atomic E-state index is 0.0218. The maximum absolute atomic E-state index is 11.7. The first-order valence-corrected chi connectivity index (χ1v) is 6.88. The zero-order chi connectivity index (χ0) is 12.5. The van der Waals surface area contributed by atoms with Crippen LogP contribution in [0.2, 0.25) is 0 Å². The summed E-state index contributed by atoms with van der Waals surface area (Å²) in [4.78, 5) is 11.7. The molecular formula is C13H18BrNO2. The molecule has 94 valence electrons. The van der Waals surface area contributed by atoms with Crippen LogP contribution < -0.4 is 10.1 Å². The van der Waals surface area contributed by atoms with Crippen LogP contribution in [0.3, 0.4) is 0 Å². The third kappa shape index (κ3) is 5.22. The Kier molecular flexibility index (Phi) is 6.70. The fraction of sp³-hybridized carbons (Fsp3) is 0.462. The van der Waals surface area contributed by atoms with Crippen molar-refractivity contribution >= 4 is 21.8 Å². The Morgan fingerprint density at radius 2 is 1.94 bits per heavy atom. The van der Waals surface area contributed by atoms with Crippen molar-refractivity contribution in [3.8, 4) is 5.75 Å². The highest BCUT2D eigenvalue weighted by Crippen LogP contribution is 2.11. The first kappa shape index (κ1) is 14.0. The van der Waals surface area contributed by atoms with Crippen molar-refractivity contribution in [1.82, 2.24) is 5.32 Å². The number of hydrogen-bond donors (Lipinski definition) is 1. The lowest BCUT2D eigenvalue weighted by atomic mass is 10.2. The molecule has 0 heterocycles. The maximum atomic E-state index is 11.7. The Hall–Kier alpha value is -1.03. The molecule has 1 amide bonds. The largest absolute Gasteiger partial charge is 0.497 e. The number of nitrogens with one attached hydrogen (secondary N) is 1. The lowest BCUT2D eigenvalue weighted by molar-refractivity contribution is 0.0953. The van der Waals surface area contributed by atoms with Gasteiger partial charge in [0, 0.05) is 17.4 Å². The van der Waals surface area contributed by atoms with Gasteiger partial charge in [-0.05, 0) is 37.1 Å². The van der Waals surface area contributed by atoms with E-state index in [2.05, 4.69) is 21.2 Å². The molecule has 4 heteroatoms. The van der Waals surface area contributed by atoms with Gasteiger partial charge in [0.05, 0.1) is 7.11 Å². The SMILES string of the molecule is COc1ccc(C(=O)NCCCCCBr)cc1. The van der Waals surface area contributed by atoms with Crippen LogP contribution in [0.5, 0.6) is 5.75 Å². The van der Waals surface area contributed by atoms with Crippen LogP contribution in [0.4, 0.5) is 0 Å². The van der Waals surface area contributed by atoms with Crippen LogP contribution in [-0.2, 0) is 0 Å². The minimum Gasteiger partial charge on any atom is -0.497 e. The fourth-order valence-corrected chi connectivity index (χ4v) is 1.84. The summed E-state index contributed by atoms with van der Waals surface area (Å²) >= 11 is 3.38. The van der Waals surface area contributed by atoms with Gasteiger partial charge >= 0.3 is 0 Å². The number of unbranched alkanes of at least 4 members (excludes halogenated alkanes) is 2. The monoisotopic (exact) mass is 299 g/mol. The number of ether oxygens (including phenoxy) is 1. The second-order valence-electron chi connectivity index (χ2n) is 3.73. The Labute approximate surface area is 111 Å². The van der Waals surface area contributed by atoms with Gasteiger partial charge in [0.25, 0.3) is 5.91 Å². The molecule has 0 saturated carbocycles. The Bertz CT molecular complexity index is 338.